The smallest absolute Gasteiger partial charge is 0.274 e. The quantitative estimate of drug-likeness (QED) is 0.329. The second kappa shape index (κ2) is 5.66. The first-order valence-electron chi connectivity index (χ1n) is 3.87. The molecule has 0 fully saturated rings. The molecule has 0 amide bonds. The molecule has 0 heterocycles. The van der Waals surface area contributed by atoms with Gasteiger partial charge in [0, 0.05) is 21.1 Å². The molecule has 1 N–H and O–H groups in total. The van der Waals surface area contributed by atoms with Crippen molar-refractivity contribution in [3.05, 3.63) is 0 Å². The topological polar surface area (TPSA) is 27.6 Å². The van der Waals surface area contributed by atoms with E-state index in [-0.39, 0.29) is 5.96 Å². The molecule has 0 aliphatic heterocycles. The van der Waals surface area contributed by atoms with Gasteiger partial charge >= 0.3 is 0 Å². The molecule has 2 atom stereocenters. The molecule has 7 heteroatoms. The number of nitrogens with zero attached hydrogens (tertiary/aromatic N) is 2. The third-order valence-electron chi connectivity index (χ3n) is 1.42. The molecule has 0 aromatic carbocycles. The highest BCUT2D eigenvalue weighted by molar-refractivity contribution is 5.79. The molecule has 14 heavy (non-hydrogen) atoms. The molecule has 0 saturated carbocycles. The predicted octanol–water partition coefficient (Wildman–Crippen LogP) is 1.02. The zero-order chi connectivity index (χ0) is 11.3. The van der Waals surface area contributed by atoms with Gasteiger partial charge < -0.3 is 10.2 Å². The van der Waals surface area contributed by atoms with Crippen LogP contribution in [0.3, 0.4) is 0 Å². The first-order chi connectivity index (χ1) is 6.40. The first kappa shape index (κ1) is 13.0. The summed E-state index contributed by atoms with van der Waals surface area (Å²) in [6.45, 7) is 0. The van der Waals surface area contributed by atoms with Gasteiger partial charge in [-0.25, -0.2) is 17.6 Å². The number of alkyl halides is 4. The third kappa shape index (κ3) is 3.80. The Balaban J connectivity index is 4.23. The SMILES string of the molecule is CN=C(NC(F)C(F)C(F)F)N(C)C. The maximum absolute atomic E-state index is 12.8. The van der Waals surface area contributed by atoms with E-state index in [1.807, 2.05) is 5.32 Å². The van der Waals surface area contributed by atoms with E-state index in [0.29, 0.717) is 0 Å². The Hall–Kier alpha value is -1.01. The van der Waals surface area contributed by atoms with Crippen LogP contribution in [-0.4, -0.2) is 50.9 Å². The van der Waals surface area contributed by atoms with Crippen molar-refractivity contribution in [2.75, 3.05) is 21.1 Å². The predicted molar refractivity (Wildman–Crippen MR) is 46.0 cm³/mol. The summed E-state index contributed by atoms with van der Waals surface area (Å²) in [6, 6.07) is 0. The summed E-state index contributed by atoms with van der Waals surface area (Å²) >= 11 is 0. The lowest BCUT2D eigenvalue weighted by molar-refractivity contribution is -0.00169. The average Bonchev–Trinajstić information content (AvgIpc) is 2.11. The Morgan fingerprint density at radius 2 is 1.71 bits per heavy atom. The monoisotopic (exact) mass is 215 g/mol. The second-order valence-corrected chi connectivity index (χ2v) is 2.77. The van der Waals surface area contributed by atoms with Gasteiger partial charge in [0.05, 0.1) is 0 Å². The van der Waals surface area contributed by atoms with Crippen LogP contribution < -0.4 is 5.32 Å². The Labute approximate surface area is 79.8 Å². The van der Waals surface area contributed by atoms with Gasteiger partial charge in [0.15, 0.2) is 5.96 Å². The van der Waals surface area contributed by atoms with Crippen LogP contribution in [0.1, 0.15) is 0 Å². The van der Waals surface area contributed by atoms with E-state index >= 15 is 0 Å². The molecule has 0 bridgehead atoms. The van der Waals surface area contributed by atoms with Crippen LogP contribution in [0.25, 0.3) is 0 Å². The Morgan fingerprint density at radius 1 is 1.21 bits per heavy atom. The van der Waals surface area contributed by atoms with Gasteiger partial charge in [-0.2, -0.15) is 0 Å². The fraction of sp³-hybridized carbons (Fsp3) is 0.857. The van der Waals surface area contributed by atoms with Gasteiger partial charge in [-0.3, -0.25) is 4.99 Å². The second-order valence-electron chi connectivity index (χ2n) is 2.77. The van der Waals surface area contributed by atoms with Crippen molar-refractivity contribution in [3.8, 4) is 0 Å². The summed E-state index contributed by atoms with van der Waals surface area (Å²) in [6.07, 6.45) is -8.67. The van der Waals surface area contributed by atoms with Gasteiger partial charge in [-0.05, 0) is 0 Å². The highest BCUT2D eigenvalue weighted by atomic mass is 19.3. The molecule has 0 aromatic heterocycles. The lowest BCUT2D eigenvalue weighted by atomic mass is 10.4. The maximum Gasteiger partial charge on any atom is 0.274 e. The van der Waals surface area contributed by atoms with E-state index < -0.39 is 18.9 Å². The van der Waals surface area contributed by atoms with Crippen molar-refractivity contribution in [3.63, 3.8) is 0 Å². The van der Waals surface area contributed by atoms with Crippen molar-refractivity contribution < 1.29 is 17.6 Å². The molecule has 3 nitrogen and oxygen atoms in total. The Bertz CT molecular complexity index is 195. The van der Waals surface area contributed by atoms with Crippen molar-refractivity contribution in [2.45, 2.75) is 18.9 Å². The normalized spacial score (nSPS) is 16.7. The molecule has 0 aliphatic rings. The van der Waals surface area contributed by atoms with E-state index in [9.17, 15) is 17.6 Å². The molecule has 84 valence electrons. The van der Waals surface area contributed by atoms with E-state index in [4.69, 9.17) is 0 Å². The maximum atomic E-state index is 12.8. The van der Waals surface area contributed by atoms with Crippen LogP contribution >= 0.6 is 0 Å². The summed E-state index contributed by atoms with van der Waals surface area (Å²) in [5.74, 6) is 0.000741. The highest BCUT2D eigenvalue weighted by Gasteiger charge is 2.30. The Morgan fingerprint density at radius 3 is 2.00 bits per heavy atom. The first-order valence-corrected chi connectivity index (χ1v) is 3.87. The van der Waals surface area contributed by atoms with Crippen LogP contribution in [-0.2, 0) is 0 Å². The number of halogens is 4. The number of nitrogens with one attached hydrogen (secondary N) is 1. The molecular weight excluding hydrogens is 202 g/mol. The number of guanidine groups is 1. The van der Waals surface area contributed by atoms with E-state index in [1.165, 1.54) is 26.0 Å². The van der Waals surface area contributed by atoms with Crippen LogP contribution in [0.4, 0.5) is 17.6 Å². The summed E-state index contributed by atoms with van der Waals surface area (Å²) in [5.41, 5.74) is 0. The van der Waals surface area contributed by atoms with Crippen LogP contribution in [0.2, 0.25) is 0 Å². The minimum Gasteiger partial charge on any atom is -0.349 e. The molecule has 0 aromatic rings. The Kier molecular flexibility index (Phi) is 5.26. The third-order valence-corrected chi connectivity index (χ3v) is 1.42. The fourth-order valence-corrected chi connectivity index (χ4v) is 0.724. The van der Waals surface area contributed by atoms with Crippen molar-refractivity contribution in [2.24, 2.45) is 4.99 Å². The zero-order valence-corrected chi connectivity index (χ0v) is 8.14. The molecule has 0 saturated heterocycles. The summed E-state index contributed by atoms with van der Waals surface area (Å²) < 4.78 is 48.6. The number of rotatable bonds is 3. The van der Waals surface area contributed by atoms with Crippen molar-refractivity contribution >= 4 is 5.96 Å². The van der Waals surface area contributed by atoms with Crippen molar-refractivity contribution in [1.82, 2.24) is 10.2 Å². The molecule has 0 radical (unpaired) electrons. The molecule has 0 aliphatic carbocycles. The van der Waals surface area contributed by atoms with E-state index in [1.54, 1.807) is 0 Å². The molecular formula is C7H13F4N3. The van der Waals surface area contributed by atoms with E-state index in [2.05, 4.69) is 4.99 Å². The lowest BCUT2D eigenvalue weighted by Gasteiger charge is -2.21. The lowest BCUT2D eigenvalue weighted by Crippen LogP contribution is -2.46. The van der Waals surface area contributed by atoms with Gasteiger partial charge in [0.1, 0.15) is 0 Å². The van der Waals surface area contributed by atoms with Crippen LogP contribution in [0.5, 0.6) is 0 Å². The average molecular weight is 215 g/mol. The number of aliphatic imine (C=N–C) groups is 1. The van der Waals surface area contributed by atoms with Gasteiger partial charge in [0.25, 0.3) is 6.43 Å². The molecule has 0 spiro atoms. The van der Waals surface area contributed by atoms with Gasteiger partial charge in [-0.1, -0.05) is 0 Å². The fourth-order valence-electron chi connectivity index (χ4n) is 0.724. The number of hydrogen-bond acceptors (Lipinski definition) is 1. The van der Waals surface area contributed by atoms with Crippen LogP contribution in [0, 0.1) is 0 Å². The summed E-state index contributed by atoms with van der Waals surface area (Å²) in [7, 11) is 4.39. The molecule has 0 rings (SSSR count). The minimum atomic E-state index is -3.35. The summed E-state index contributed by atoms with van der Waals surface area (Å²) in [4.78, 5) is 4.90. The van der Waals surface area contributed by atoms with Gasteiger partial charge in [0.2, 0.25) is 12.5 Å². The minimum absolute atomic E-state index is 0.000741. The summed E-state index contributed by atoms with van der Waals surface area (Å²) in [5, 5.41) is 1.90. The standard InChI is InChI=1S/C7H13F4N3/c1-12-7(14(2)3)13-6(11)4(8)5(9)10/h4-6H,1-3H3,(H,12,13). The van der Waals surface area contributed by atoms with Crippen LogP contribution in [0.15, 0.2) is 4.99 Å². The molecule has 2 unspecified atom stereocenters. The zero-order valence-electron chi connectivity index (χ0n) is 8.14. The van der Waals surface area contributed by atoms with E-state index in [0.717, 1.165) is 0 Å². The number of hydrogen-bond donors (Lipinski definition) is 1. The van der Waals surface area contributed by atoms with Crippen molar-refractivity contribution in [1.29, 1.82) is 0 Å². The largest absolute Gasteiger partial charge is 0.349 e. The van der Waals surface area contributed by atoms with Gasteiger partial charge in [-0.15, -0.1) is 0 Å². The highest BCUT2D eigenvalue weighted by Crippen LogP contribution is 2.11.